The second kappa shape index (κ2) is 7.19. The van der Waals surface area contributed by atoms with Gasteiger partial charge in [-0.25, -0.2) is 0 Å². The number of hydrogen-bond acceptors (Lipinski definition) is 3. The third-order valence-electron chi connectivity index (χ3n) is 3.05. The lowest BCUT2D eigenvalue weighted by molar-refractivity contribution is 0.254. The smallest absolute Gasteiger partial charge is 0.195 e. The fraction of sp³-hybridized carbons (Fsp3) is 1.00. The first-order chi connectivity index (χ1) is 8.04. The van der Waals surface area contributed by atoms with Crippen LogP contribution in [0.1, 0.15) is 19.3 Å². The summed E-state index contributed by atoms with van der Waals surface area (Å²) in [5, 5.41) is 0. The van der Waals surface area contributed by atoms with Gasteiger partial charge in [-0.15, -0.1) is 11.6 Å². The standard InChI is InChI=1S/C10H21ClN2O2S2/c1-12(7-8-16-2)17(14,15)13-6-4-3-5-10(13)9-11/h10H,3-9H2,1-2H3. The molecular weight excluding hydrogens is 280 g/mol. The Morgan fingerprint density at radius 3 is 2.76 bits per heavy atom. The Kier molecular flexibility index (Phi) is 6.58. The molecule has 102 valence electrons. The average molecular weight is 301 g/mol. The third-order valence-corrected chi connectivity index (χ3v) is 6.04. The van der Waals surface area contributed by atoms with Crippen LogP contribution in [0.25, 0.3) is 0 Å². The van der Waals surface area contributed by atoms with Gasteiger partial charge in [0.05, 0.1) is 0 Å². The number of alkyl halides is 1. The van der Waals surface area contributed by atoms with Crippen molar-refractivity contribution in [2.75, 3.05) is 38.0 Å². The van der Waals surface area contributed by atoms with Crippen molar-refractivity contribution in [3.8, 4) is 0 Å². The largest absolute Gasteiger partial charge is 0.282 e. The lowest BCUT2D eigenvalue weighted by Gasteiger charge is -2.36. The maximum absolute atomic E-state index is 12.3. The maximum atomic E-state index is 12.3. The van der Waals surface area contributed by atoms with E-state index in [1.165, 1.54) is 4.31 Å². The number of thioether (sulfide) groups is 1. The van der Waals surface area contributed by atoms with Crippen LogP contribution >= 0.6 is 23.4 Å². The summed E-state index contributed by atoms with van der Waals surface area (Å²) in [6.45, 7) is 1.15. The minimum atomic E-state index is -3.33. The zero-order chi connectivity index (χ0) is 12.9. The van der Waals surface area contributed by atoms with Crippen molar-refractivity contribution < 1.29 is 8.42 Å². The van der Waals surface area contributed by atoms with Gasteiger partial charge in [-0.3, -0.25) is 0 Å². The highest BCUT2D eigenvalue weighted by molar-refractivity contribution is 7.98. The fourth-order valence-corrected chi connectivity index (χ4v) is 4.52. The molecule has 1 aliphatic heterocycles. The molecule has 7 heteroatoms. The lowest BCUT2D eigenvalue weighted by Crippen LogP contribution is -2.50. The van der Waals surface area contributed by atoms with Gasteiger partial charge in [0.25, 0.3) is 10.2 Å². The molecular formula is C10H21ClN2O2S2. The van der Waals surface area contributed by atoms with Crippen LogP contribution in [0.4, 0.5) is 0 Å². The molecule has 1 aliphatic rings. The van der Waals surface area contributed by atoms with Crippen molar-refractivity contribution in [2.45, 2.75) is 25.3 Å². The molecule has 0 aliphatic carbocycles. The van der Waals surface area contributed by atoms with E-state index in [0.717, 1.165) is 25.0 Å². The van der Waals surface area contributed by atoms with E-state index in [0.29, 0.717) is 19.0 Å². The second-order valence-corrected chi connectivity index (χ2v) is 7.52. The summed E-state index contributed by atoms with van der Waals surface area (Å²) in [4.78, 5) is 0. The molecule has 0 amide bonds. The van der Waals surface area contributed by atoms with Crippen molar-refractivity contribution in [1.29, 1.82) is 0 Å². The van der Waals surface area contributed by atoms with E-state index in [4.69, 9.17) is 11.6 Å². The van der Waals surface area contributed by atoms with Crippen LogP contribution < -0.4 is 0 Å². The molecule has 0 N–H and O–H groups in total. The van der Waals surface area contributed by atoms with E-state index in [-0.39, 0.29) is 6.04 Å². The van der Waals surface area contributed by atoms with Gasteiger partial charge < -0.3 is 0 Å². The van der Waals surface area contributed by atoms with Crippen molar-refractivity contribution in [2.24, 2.45) is 0 Å². The molecule has 1 unspecified atom stereocenters. The minimum absolute atomic E-state index is 0.0350. The zero-order valence-corrected chi connectivity index (χ0v) is 12.8. The summed E-state index contributed by atoms with van der Waals surface area (Å²) >= 11 is 7.51. The molecule has 17 heavy (non-hydrogen) atoms. The van der Waals surface area contributed by atoms with Gasteiger partial charge in [-0.2, -0.15) is 28.8 Å². The maximum Gasteiger partial charge on any atom is 0.282 e. The second-order valence-electron chi connectivity index (χ2n) is 4.24. The lowest BCUT2D eigenvalue weighted by atomic mass is 10.1. The van der Waals surface area contributed by atoms with Crippen LogP contribution in [-0.4, -0.2) is 61.1 Å². The quantitative estimate of drug-likeness (QED) is 0.700. The summed E-state index contributed by atoms with van der Waals surface area (Å²) < 4.78 is 27.7. The summed E-state index contributed by atoms with van der Waals surface area (Å²) in [6, 6.07) is -0.0350. The number of rotatable bonds is 6. The Balaban J connectivity index is 2.73. The van der Waals surface area contributed by atoms with Crippen LogP contribution in [0.3, 0.4) is 0 Å². The van der Waals surface area contributed by atoms with E-state index >= 15 is 0 Å². The highest BCUT2D eigenvalue weighted by atomic mass is 35.5. The highest BCUT2D eigenvalue weighted by Gasteiger charge is 2.34. The monoisotopic (exact) mass is 300 g/mol. The summed E-state index contributed by atoms with van der Waals surface area (Å²) in [5.41, 5.74) is 0. The van der Waals surface area contributed by atoms with Gasteiger partial charge in [0.2, 0.25) is 0 Å². The van der Waals surface area contributed by atoms with Gasteiger partial charge in [0.15, 0.2) is 0 Å². The van der Waals surface area contributed by atoms with Gasteiger partial charge >= 0.3 is 0 Å². The molecule has 1 fully saturated rings. The van der Waals surface area contributed by atoms with Crippen LogP contribution in [0.15, 0.2) is 0 Å². The van der Waals surface area contributed by atoms with Crippen LogP contribution in [0, 0.1) is 0 Å². The van der Waals surface area contributed by atoms with E-state index < -0.39 is 10.2 Å². The average Bonchev–Trinajstić information content (AvgIpc) is 2.35. The molecule has 1 rings (SSSR count). The summed E-state index contributed by atoms with van der Waals surface area (Å²) in [6.07, 6.45) is 4.85. The van der Waals surface area contributed by atoms with Gasteiger partial charge in [-0.05, 0) is 19.1 Å². The normalized spacial score (nSPS) is 23.2. The predicted molar refractivity (Wildman–Crippen MR) is 75.0 cm³/mol. The van der Waals surface area contributed by atoms with E-state index in [1.54, 1.807) is 23.1 Å². The summed E-state index contributed by atoms with van der Waals surface area (Å²) in [5.74, 6) is 1.20. The predicted octanol–water partition coefficient (Wildman–Crippen LogP) is 1.62. The van der Waals surface area contributed by atoms with E-state index in [2.05, 4.69) is 0 Å². The minimum Gasteiger partial charge on any atom is -0.195 e. The Hall–Kier alpha value is 0.510. The molecule has 0 spiro atoms. The van der Waals surface area contributed by atoms with E-state index in [9.17, 15) is 8.42 Å². The van der Waals surface area contributed by atoms with Gasteiger partial charge in [0, 0.05) is 37.8 Å². The first-order valence-electron chi connectivity index (χ1n) is 5.82. The molecule has 0 aromatic rings. The zero-order valence-electron chi connectivity index (χ0n) is 10.4. The van der Waals surface area contributed by atoms with Crippen molar-refractivity contribution in [1.82, 2.24) is 8.61 Å². The molecule has 4 nitrogen and oxygen atoms in total. The molecule has 0 bridgehead atoms. The number of hydrogen-bond donors (Lipinski definition) is 0. The Labute approximate surface area is 114 Å². The SMILES string of the molecule is CSCCN(C)S(=O)(=O)N1CCCCC1CCl. The summed E-state index contributed by atoms with van der Waals surface area (Å²) in [7, 11) is -1.68. The molecule has 0 radical (unpaired) electrons. The molecule has 1 saturated heterocycles. The van der Waals surface area contributed by atoms with E-state index in [1.807, 2.05) is 6.26 Å². The molecule has 1 heterocycles. The first-order valence-corrected chi connectivity index (χ1v) is 9.14. The Morgan fingerprint density at radius 1 is 1.47 bits per heavy atom. The van der Waals surface area contributed by atoms with Crippen molar-refractivity contribution >= 4 is 33.6 Å². The first kappa shape index (κ1) is 15.6. The number of piperidine rings is 1. The molecule has 1 atom stereocenters. The number of halogens is 1. The van der Waals surface area contributed by atoms with Crippen molar-refractivity contribution in [3.05, 3.63) is 0 Å². The highest BCUT2D eigenvalue weighted by Crippen LogP contribution is 2.23. The molecule has 0 aromatic carbocycles. The van der Waals surface area contributed by atoms with Crippen molar-refractivity contribution in [3.63, 3.8) is 0 Å². The Bertz CT molecular complexity index is 324. The molecule has 0 aromatic heterocycles. The van der Waals surface area contributed by atoms with Crippen LogP contribution in [-0.2, 0) is 10.2 Å². The third kappa shape index (κ3) is 3.99. The molecule has 0 saturated carbocycles. The number of nitrogens with zero attached hydrogens (tertiary/aromatic N) is 2. The topological polar surface area (TPSA) is 40.6 Å². The Morgan fingerprint density at radius 2 is 2.18 bits per heavy atom. The fourth-order valence-electron chi connectivity index (χ4n) is 1.95. The van der Waals surface area contributed by atoms with Gasteiger partial charge in [-0.1, -0.05) is 6.42 Å². The van der Waals surface area contributed by atoms with Crippen LogP contribution in [0.5, 0.6) is 0 Å². The van der Waals surface area contributed by atoms with Crippen LogP contribution in [0.2, 0.25) is 0 Å². The van der Waals surface area contributed by atoms with Gasteiger partial charge in [0.1, 0.15) is 0 Å².